The molecule has 0 radical (unpaired) electrons. The zero-order chi connectivity index (χ0) is 53.1. The Morgan fingerprint density at radius 1 is 0.481 bits per heavy atom. The van der Waals surface area contributed by atoms with Crippen molar-refractivity contribution in [1.82, 2.24) is 18.7 Å². The van der Waals surface area contributed by atoms with E-state index in [4.69, 9.17) is 9.72 Å². The minimum Gasteiger partial charge on any atom is -0.457 e. The second kappa shape index (κ2) is 19.6. The van der Waals surface area contributed by atoms with Crippen molar-refractivity contribution in [3.63, 3.8) is 0 Å². The Morgan fingerprint density at radius 2 is 1.08 bits per heavy atom. The number of para-hydroxylation sites is 4. The van der Waals surface area contributed by atoms with E-state index in [0.29, 0.717) is 22.6 Å². The lowest BCUT2D eigenvalue weighted by molar-refractivity contribution is 0.483. The highest BCUT2D eigenvalue weighted by atomic mass is 19.1. The molecule has 0 unspecified atom stereocenters. The van der Waals surface area contributed by atoms with Gasteiger partial charge in [-0.15, -0.1) is 0 Å². The highest BCUT2D eigenvalue weighted by molar-refractivity contribution is 6.09. The van der Waals surface area contributed by atoms with Crippen molar-refractivity contribution in [3.05, 3.63) is 241 Å². The lowest BCUT2D eigenvalue weighted by atomic mass is 9.88. The topological polar surface area (TPSA) is 33.1 Å². The molecular weight excluding hydrogens is 951 g/mol. The van der Waals surface area contributed by atoms with Gasteiger partial charge in [0.1, 0.15) is 29.0 Å². The molecule has 3 heterocycles. The van der Waals surface area contributed by atoms with Crippen LogP contribution < -0.4 is 13.9 Å². The van der Waals surface area contributed by atoms with Gasteiger partial charge in [-0.05, 0) is 137 Å². The molecule has 0 N–H and O–H groups in total. The van der Waals surface area contributed by atoms with Crippen molar-refractivity contribution in [1.29, 1.82) is 0 Å². The van der Waals surface area contributed by atoms with E-state index in [9.17, 15) is 0 Å². The summed E-state index contributed by atoms with van der Waals surface area (Å²) >= 11 is 0. The second-order valence-electron chi connectivity index (χ2n) is 21.8. The van der Waals surface area contributed by atoms with Crippen LogP contribution >= 0.6 is 0 Å². The quantitative estimate of drug-likeness (QED) is 0.121. The molecule has 11 aromatic rings. The summed E-state index contributed by atoms with van der Waals surface area (Å²) in [6.45, 7) is 15.5. The average Bonchev–Trinajstić information content (AvgIpc) is 3.98. The van der Waals surface area contributed by atoms with Gasteiger partial charge in [0.25, 0.3) is 11.4 Å². The van der Waals surface area contributed by atoms with Crippen molar-refractivity contribution >= 4 is 50.6 Å². The Bertz CT molecular complexity index is 4130. The van der Waals surface area contributed by atoms with Crippen molar-refractivity contribution in [2.45, 2.75) is 65.7 Å². The summed E-state index contributed by atoms with van der Waals surface area (Å²) < 4.78 is 44.1. The first kappa shape index (κ1) is 48.9. The maximum Gasteiger partial charge on any atom is 0.503 e. The van der Waals surface area contributed by atoms with Crippen LogP contribution in [0.15, 0.2) is 212 Å². The van der Waals surface area contributed by atoms with Crippen LogP contribution in [-0.4, -0.2) is 15.6 Å². The molecule has 2 aromatic heterocycles. The first-order chi connectivity index (χ1) is 37.2. The van der Waals surface area contributed by atoms with Crippen LogP contribution in [0.3, 0.4) is 0 Å². The third-order valence-electron chi connectivity index (χ3n) is 14.8. The highest BCUT2D eigenvalue weighted by Crippen LogP contribution is 2.47. The summed E-state index contributed by atoms with van der Waals surface area (Å²) in [4.78, 5) is 4.93. The summed E-state index contributed by atoms with van der Waals surface area (Å²) in [6.07, 6.45) is 1.90. The lowest BCUT2D eigenvalue weighted by Gasteiger charge is -2.20. The predicted octanol–water partition coefficient (Wildman–Crippen LogP) is 19.3. The fourth-order valence-electron chi connectivity index (χ4n) is 10.7. The predicted molar refractivity (Wildman–Crippen MR) is 314 cm³/mol. The van der Waals surface area contributed by atoms with E-state index in [1.807, 2.05) is 42.6 Å². The number of aromatic nitrogens is 2. The lowest BCUT2D eigenvalue weighted by Crippen LogP contribution is -2.12. The molecule has 1 aliphatic rings. The van der Waals surface area contributed by atoms with Gasteiger partial charge in [0.2, 0.25) is 11.4 Å². The molecule has 12 rings (SSSR count). The summed E-state index contributed by atoms with van der Waals surface area (Å²) in [5.41, 5.74) is 16.1. The second-order valence-corrected chi connectivity index (χ2v) is 21.8. The summed E-state index contributed by atoms with van der Waals surface area (Å²) in [7, 11) is 0. The smallest absolute Gasteiger partial charge is 0.457 e. The Kier molecular flexibility index (Phi) is 12.4. The minimum atomic E-state index is -0.648. The SMILES string of the molecule is CC(C)c1cc(-c2cccc(-c3cc(F)cc(F)c3)c2[N+]2=C=[N+](c3cc(Oc4ccc5c6ccccc6n(-c6cc(C(C)(C)C)ccn6)c5c4)cc(-c4ccc(-c5ccccc5)cc4)c3)c3ccccc32)cc(C(C)C)c1. The number of pyridine rings is 1. The molecule has 376 valence electrons. The normalized spacial score (nSPS) is 12.4. The molecule has 0 aliphatic carbocycles. The van der Waals surface area contributed by atoms with Gasteiger partial charge < -0.3 is 4.74 Å². The first-order valence-corrected chi connectivity index (χ1v) is 26.4. The summed E-state index contributed by atoms with van der Waals surface area (Å²) in [6, 6.07) is 72.9. The Morgan fingerprint density at radius 3 is 1.75 bits per heavy atom. The number of hydrogen-bond donors (Lipinski definition) is 0. The van der Waals surface area contributed by atoms with Crippen molar-refractivity contribution in [2.75, 3.05) is 0 Å². The fourth-order valence-corrected chi connectivity index (χ4v) is 10.7. The van der Waals surface area contributed by atoms with E-state index in [2.05, 4.69) is 220 Å². The monoisotopic (exact) mass is 1010 g/mol. The first-order valence-electron chi connectivity index (χ1n) is 26.4. The van der Waals surface area contributed by atoms with E-state index < -0.39 is 11.6 Å². The van der Waals surface area contributed by atoms with Gasteiger partial charge in [0, 0.05) is 47.3 Å². The molecule has 0 fully saturated rings. The molecule has 0 saturated carbocycles. The molecule has 0 amide bonds. The highest BCUT2D eigenvalue weighted by Gasteiger charge is 2.40. The van der Waals surface area contributed by atoms with Gasteiger partial charge in [-0.3, -0.25) is 4.57 Å². The Balaban J connectivity index is 1.07. The number of rotatable bonds is 11. The summed E-state index contributed by atoms with van der Waals surface area (Å²) in [5.74, 6) is 1.37. The van der Waals surface area contributed by atoms with Crippen LogP contribution in [0.2, 0.25) is 0 Å². The zero-order valence-corrected chi connectivity index (χ0v) is 44.3. The number of benzene rings is 9. The van der Waals surface area contributed by atoms with E-state index in [1.165, 1.54) is 28.8 Å². The van der Waals surface area contributed by atoms with Crippen LogP contribution in [-0.2, 0) is 5.41 Å². The molecule has 9 aromatic carbocycles. The molecule has 77 heavy (non-hydrogen) atoms. The van der Waals surface area contributed by atoms with Gasteiger partial charge in [-0.1, -0.05) is 158 Å². The van der Waals surface area contributed by atoms with Crippen molar-refractivity contribution < 1.29 is 13.5 Å². The van der Waals surface area contributed by atoms with Gasteiger partial charge >= 0.3 is 6.01 Å². The zero-order valence-electron chi connectivity index (χ0n) is 44.3. The van der Waals surface area contributed by atoms with Crippen LogP contribution in [0.5, 0.6) is 11.5 Å². The van der Waals surface area contributed by atoms with Crippen molar-refractivity contribution in [3.8, 4) is 61.8 Å². The molecule has 0 saturated heterocycles. The third-order valence-corrected chi connectivity index (χ3v) is 14.8. The van der Waals surface area contributed by atoms with E-state index >= 15 is 8.78 Å². The van der Waals surface area contributed by atoms with Gasteiger partial charge in [0.05, 0.1) is 28.2 Å². The molecular formula is C70H58F2N4O+2. The van der Waals surface area contributed by atoms with E-state index in [1.54, 1.807) is 0 Å². The van der Waals surface area contributed by atoms with Crippen LogP contribution in [0.25, 0.3) is 72.1 Å². The number of nitrogens with zero attached hydrogens (tertiary/aromatic N) is 4. The molecule has 7 heteroatoms. The molecule has 0 bridgehead atoms. The van der Waals surface area contributed by atoms with Gasteiger partial charge in [-0.25, -0.2) is 13.8 Å². The molecule has 0 atom stereocenters. The van der Waals surface area contributed by atoms with Gasteiger partial charge in [0.15, 0.2) is 0 Å². The Hall–Kier alpha value is -9.03. The van der Waals surface area contributed by atoms with E-state index in [-0.39, 0.29) is 17.3 Å². The molecule has 0 spiro atoms. The van der Waals surface area contributed by atoms with Crippen LogP contribution in [0.1, 0.15) is 77.0 Å². The largest absolute Gasteiger partial charge is 0.503 e. The minimum absolute atomic E-state index is 0.0691. The molecule has 5 nitrogen and oxygen atoms in total. The average molecular weight is 1010 g/mol. The van der Waals surface area contributed by atoms with Crippen molar-refractivity contribution in [2.24, 2.45) is 0 Å². The maximum atomic E-state index is 15.3. The standard InChI is InChI=1S/C70H58F2N4O/c1-44(2)49-32-50(45(3)4)34-52(33-49)60-19-15-20-61(53-35-55(71)40-56(72)36-53)69(60)75-43-74(65-22-13-14-23-66(65)75)57-37-51(48-26-24-47(25-27-48)46-16-9-8-10-17-46)38-59(41-57)77-58-28-29-63-62-18-11-12-21-64(62)76(67(63)42-58)68-39-54(30-31-73-68)70(5,6)7/h8-42,44-45H,1-7H3/q+2. The van der Waals surface area contributed by atoms with Crippen LogP contribution in [0, 0.1) is 11.6 Å². The number of hydrogen-bond acceptors (Lipinski definition) is 2. The number of ether oxygens (including phenoxy) is 1. The van der Waals surface area contributed by atoms with Gasteiger partial charge in [-0.2, -0.15) is 0 Å². The third kappa shape index (κ3) is 9.34. The molecule has 1 aliphatic heterocycles. The summed E-state index contributed by atoms with van der Waals surface area (Å²) in [5, 5.41) is 2.22. The number of halogens is 2. The fraction of sp³-hybridized carbons (Fsp3) is 0.143. The van der Waals surface area contributed by atoms with E-state index in [0.717, 1.165) is 89.8 Å². The Labute approximate surface area is 449 Å². The van der Waals surface area contributed by atoms with Crippen LogP contribution in [0.4, 0.5) is 31.5 Å². The maximum absolute atomic E-state index is 15.3. The number of fused-ring (bicyclic) bond motifs is 4.